The lowest BCUT2D eigenvalue weighted by Crippen LogP contribution is -2.17. The van der Waals surface area contributed by atoms with Crippen LogP contribution in [0.25, 0.3) is 0 Å². The van der Waals surface area contributed by atoms with Crippen molar-refractivity contribution < 1.29 is 23.8 Å². The zero-order valence-electron chi connectivity index (χ0n) is 17.4. The van der Waals surface area contributed by atoms with Gasteiger partial charge in [0.25, 0.3) is 5.91 Å². The number of rotatable bonds is 7. The number of nitrogens with zero attached hydrogens (tertiary/aromatic N) is 1. The molecule has 0 bridgehead atoms. The van der Waals surface area contributed by atoms with Gasteiger partial charge in [-0.05, 0) is 61.0 Å². The maximum atomic E-state index is 12.3. The van der Waals surface area contributed by atoms with E-state index in [1.807, 2.05) is 19.1 Å². The Bertz CT molecular complexity index is 1110. The van der Waals surface area contributed by atoms with Gasteiger partial charge in [-0.25, -0.2) is 10.2 Å². The third-order valence-corrected chi connectivity index (χ3v) is 4.39. The molecule has 0 radical (unpaired) electrons. The Morgan fingerprint density at radius 2 is 1.65 bits per heavy atom. The van der Waals surface area contributed by atoms with E-state index in [9.17, 15) is 9.59 Å². The Morgan fingerprint density at radius 1 is 0.871 bits per heavy atom. The monoisotopic (exact) mass is 418 g/mol. The maximum absolute atomic E-state index is 12.3. The summed E-state index contributed by atoms with van der Waals surface area (Å²) in [5.74, 6) is 0.377. The molecular weight excluding hydrogens is 396 g/mol. The highest BCUT2D eigenvalue weighted by atomic mass is 16.6. The van der Waals surface area contributed by atoms with Gasteiger partial charge in [0.2, 0.25) is 0 Å². The molecule has 3 aromatic carbocycles. The summed E-state index contributed by atoms with van der Waals surface area (Å²) < 4.78 is 15.9. The van der Waals surface area contributed by atoms with Crippen LogP contribution in [0, 0.1) is 6.92 Å². The molecule has 0 saturated heterocycles. The molecule has 0 aliphatic rings. The normalized spacial score (nSPS) is 10.5. The number of amides is 1. The topological polar surface area (TPSA) is 86.2 Å². The summed E-state index contributed by atoms with van der Waals surface area (Å²) in [6.45, 7) is 1.94. The predicted octanol–water partition coefficient (Wildman–Crippen LogP) is 4.00. The second-order valence-corrected chi connectivity index (χ2v) is 6.60. The van der Waals surface area contributed by atoms with Crippen LogP contribution in [0.2, 0.25) is 0 Å². The van der Waals surface area contributed by atoms with Crippen molar-refractivity contribution in [2.24, 2.45) is 5.10 Å². The number of ether oxygens (including phenoxy) is 3. The van der Waals surface area contributed by atoms with Crippen molar-refractivity contribution in [3.8, 4) is 17.2 Å². The molecule has 1 amide bonds. The highest BCUT2D eigenvalue weighted by molar-refractivity contribution is 5.95. The lowest BCUT2D eigenvalue weighted by molar-refractivity contribution is 0.0729. The Labute approximate surface area is 180 Å². The number of hydrogen-bond donors (Lipinski definition) is 1. The first kappa shape index (κ1) is 21.6. The molecule has 158 valence electrons. The van der Waals surface area contributed by atoms with E-state index in [1.165, 1.54) is 20.4 Å². The van der Waals surface area contributed by atoms with Crippen molar-refractivity contribution in [3.05, 3.63) is 89.0 Å². The Hall–Kier alpha value is -4.13. The number of methoxy groups -OCH3 is 2. The van der Waals surface area contributed by atoms with Gasteiger partial charge in [0.1, 0.15) is 5.75 Å². The van der Waals surface area contributed by atoms with Gasteiger partial charge in [-0.1, -0.05) is 23.8 Å². The van der Waals surface area contributed by atoms with Gasteiger partial charge < -0.3 is 14.2 Å². The van der Waals surface area contributed by atoms with E-state index in [-0.39, 0.29) is 11.7 Å². The number of carbonyl (C=O) groups is 2. The molecule has 1 N–H and O–H groups in total. The molecule has 0 aromatic heterocycles. The van der Waals surface area contributed by atoms with E-state index in [1.54, 1.807) is 54.6 Å². The van der Waals surface area contributed by atoms with Crippen molar-refractivity contribution >= 4 is 18.1 Å². The van der Waals surface area contributed by atoms with Crippen LogP contribution in [-0.2, 0) is 0 Å². The van der Waals surface area contributed by atoms with Gasteiger partial charge >= 0.3 is 5.97 Å². The van der Waals surface area contributed by atoms with Crippen molar-refractivity contribution in [1.29, 1.82) is 0 Å². The third kappa shape index (κ3) is 5.70. The Morgan fingerprint density at radius 3 is 2.35 bits per heavy atom. The van der Waals surface area contributed by atoms with Crippen molar-refractivity contribution in [3.63, 3.8) is 0 Å². The molecule has 3 aromatic rings. The molecule has 0 aliphatic carbocycles. The van der Waals surface area contributed by atoms with E-state index in [2.05, 4.69) is 10.5 Å². The molecule has 31 heavy (non-hydrogen) atoms. The van der Waals surface area contributed by atoms with Crippen molar-refractivity contribution in [1.82, 2.24) is 5.43 Å². The van der Waals surface area contributed by atoms with Gasteiger partial charge in [0.15, 0.2) is 11.5 Å². The van der Waals surface area contributed by atoms with Crippen LogP contribution in [0.4, 0.5) is 0 Å². The first-order valence-corrected chi connectivity index (χ1v) is 9.44. The fourth-order valence-corrected chi connectivity index (χ4v) is 2.69. The number of carbonyl (C=O) groups excluding carboxylic acids is 2. The average Bonchev–Trinajstić information content (AvgIpc) is 2.80. The zero-order chi connectivity index (χ0) is 22.2. The molecule has 0 fully saturated rings. The number of aryl methyl sites for hydroxylation is 1. The van der Waals surface area contributed by atoms with Crippen LogP contribution in [0.1, 0.15) is 31.8 Å². The predicted molar refractivity (Wildman–Crippen MR) is 117 cm³/mol. The lowest BCUT2D eigenvalue weighted by Gasteiger charge is -2.10. The van der Waals surface area contributed by atoms with Crippen molar-refractivity contribution in [2.75, 3.05) is 14.2 Å². The lowest BCUT2D eigenvalue weighted by atomic mass is 10.1. The minimum Gasteiger partial charge on any atom is -0.497 e. The summed E-state index contributed by atoms with van der Waals surface area (Å²) in [6.07, 6.45) is 1.46. The minimum absolute atomic E-state index is 0.283. The van der Waals surface area contributed by atoms with Gasteiger partial charge in [-0.2, -0.15) is 5.10 Å². The molecule has 0 spiro atoms. The van der Waals surface area contributed by atoms with Crippen LogP contribution in [0.15, 0.2) is 71.8 Å². The summed E-state index contributed by atoms with van der Waals surface area (Å²) in [6, 6.07) is 18.8. The first-order valence-electron chi connectivity index (χ1n) is 9.44. The van der Waals surface area contributed by atoms with Crippen LogP contribution in [0.3, 0.4) is 0 Å². The van der Waals surface area contributed by atoms with Gasteiger partial charge in [0.05, 0.1) is 26.0 Å². The number of hydrazone groups is 1. The van der Waals surface area contributed by atoms with Gasteiger partial charge in [-0.3, -0.25) is 4.79 Å². The van der Waals surface area contributed by atoms with Crippen LogP contribution in [0.5, 0.6) is 17.2 Å². The fourth-order valence-electron chi connectivity index (χ4n) is 2.69. The quantitative estimate of drug-likeness (QED) is 0.271. The van der Waals surface area contributed by atoms with E-state index < -0.39 is 5.97 Å². The summed E-state index contributed by atoms with van der Waals surface area (Å²) >= 11 is 0. The molecule has 0 heterocycles. The minimum atomic E-state index is -0.481. The molecule has 0 unspecified atom stereocenters. The van der Waals surface area contributed by atoms with E-state index >= 15 is 0 Å². The number of esters is 1. The molecular formula is C24H22N2O5. The molecule has 3 rings (SSSR count). The second-order valence-electron chi connectivity index (χ2n) is 6.60. The summed E-state index contributed by atoms with van der Waals surface area (Å²) in [7, 11) is 3.01. The van der Waals surface area contributed by atoms with E-state index in [4.69, 9.17) is 14.2 Å². The van der Waals surface area contributed by atoms with Crippen molar-refractivity contribution in [2.45, 2.75) is 6.92 Å². The molecule has 7 nitrogen and oxygen atoms in total. The second kappa shape index (κ2) is 10.1. The van der Waals surface area contributed by atoms with Crippen LogP contribution >= 0.6 is 0 Å². The van der Waals surface area contributed by atoms with E-state index in [0.29, 0.717) is 28.2 Å². The van der Waals surface area contributed by atoms with Gasteiger partial charge in [-0.15, -0.1) is 0 Å². The molecule has 0 saturated carbocycles. The van der Waals surface area contributed by atoms with Crippen LogP contribution < -0.4 is 19.6 Å². The maximum Gasteiger partial charge on any atom is 0.343 e. The summed E-state index contributed by atoms with van der Waals surface area (Å²) in [5.41, 5.74) is 5.03. The highest BCUT2D eigenvalue weighted by Crippen LogP contribution is 2.28. The molecule has 0 aliphatic heterocycles. The zero-order valence-corrected chi connectivity index (χ0v) is 17.4. The Kier molecular flexibility index (Phi) is 7.01. The third-order valence-electron chi connectivity index (χ3n) is 4.39. The standard InChI is InChI=1S/C24H22N2O5/c1-16-7-10-18(11-8-16)24(28)31-21-12-9-17(13-22(21)30-3)15-25-26-23(27)19-5-4-6-20(14-19)29-2/h4-15H,1-3H3,(H,26,27)/b25-15+. The highest BCUT2D eigenvalue weighted by Gasteiger charge is 2.13. The summed E-state index contributed by atoms with van der Waals surface area (Å²) in [4.78, 5) is 24.5. The van der Waals surface area contributed by atoms with E-state index in [0.717, 1.165) is 5.56 Å². The Balaban J connectivity index is 1.66. The largest absolute Gasteiger partial charge is 0.497 e. The SMILES string of the molecule is COc1cccc(C(=O)N/N=C/c2ccc(OC(=O)c3ccc(C)cc3)c(OC)c2)c1. The number of hydrogen-bond acceptors (Lipinski definition) is 6. The first-order chi connectivity index (χ1) is 15.0. The summed E-state index contributed by atoms with van der Waals surface area (Å²) in [5, 5.41) is 3.97. The number of nitrogens with one attached hydrogen (secondary N) is 1. The molecule has 7 heteroatoms. The fraction of sp³-hybridized carbons (Fsp3) is 0.125. The average molecular weight is 418 g/mol. The van der Waals surface area contributed by atoms with Gasteiger partial charge in [0, 0.05) is 5.56 Å². The van der Waals surface area contributed by atoms with Crippen LogP contribution in [-0.4, -0.2) is 32.3 Å². The smallest absolute Gasteiger partial charge is 0.343 e. The number of benzene rings is 3. The molecule has 0 atom stereocenters.